The maximum absolute atomic E-state index is 12.0. The van der Waals surface area contributed by atoms with Crippen molar-refractivity contribution in [2.45, 2.75) is 12.2 Å². The van der Waals surface area contributed by atoms with E-state index in [0.29, 0.717) is 9.26 Å². The predicted molar refractivity (Wildman–Crippen MR) is 58.6 cm³/mol. The molecule has 0 N–H and O–H groups in total. The lowest BCUT2D eigenvalue weighted by atomic mass is 10.3. The fraction of sp³-hybridized carbons (Fsp3) is 0.250. The van der Waals surface area contributed by atoms with Gasteiger partial charge in [-0.2, -0.15) is 0 Å². The number of aldehydes is 1. The highest BCUT2D eigenvalue weighted by atomic mass is 127. The molecular weight excluding hydrogens is 361 g/mol. The lowest BCUT2D eigenvalue weighted by molar-refractivity contribution is -0.274. The van der Waals surface area contributed by atoms with Crippen LogP contribution in [0.5, 0.6) is 5.75 Å². The molecule has 0 fully saturated rings. The van der Waals surface area contributed by atoms with Gasteiger partial charge < -0.3 is 4.74 Å². The molecule has 0 amide bonds. The number of hydrogen-bond acceptors (Lipinski definition) is 3. The summed E-state index contributed by atoms with van der Waals surface area (Å²) in [6.07, 6.45) is -4.67. The molecule has 1 heterocycles. The number of rotatable bonds is 3. The molecule has 0 unspecified atom stereocenters. The Balaban J connectivity index is 3.18. The molecule has 0 atom stereocenters. The van der Waals surface area contributed by atoms with Crippen LogP contribution in [0.2, 0.25) is 0 Å². The van der Waals surface area contributed by atoms with Crippen molar-refractivity contribution in [2.75, 3.05) is 0 Å². The Morgan fingerprint density at radius 3 is 2.62 bits per heavy atom. The minimum atomic E-state index is -4.86. The highest BCUT2D eigenvalue weighted by Crippen LogP contribution is 2.27. The Bertz CT molecular complexity index is 411. The molecular formula is C8H4ClF3INO2. The third-order valence-electron chi connectivity index (χ3n) is 1.51. The van der Waals surface area contributed by atoms with E-state index in [1.807, 2.05) is 0 Å². The van der Waals surface area contributed by atoms with Gasteiger partial charge >= 0.3 is 6.36 Å². The van der Waals surface area contributed by atoms with E-state index >= 15 is 0 Å². The highest BCUT2D eigenvalue weighted by molar-refractivity contribution is 14.1. The molecule has 1 aromatic rings. The zero-order valence-corrected chi connectivity index (χ0v) is 10.4. The Labute approximate surface area is 107 Å². The molecule has 16 heavy (non-hydrogen) atoms. The second kappa shape index (κ2) is 5.17. The van der Waals surface area contributed by atoms with Crippen molar-refractivity contribution < 1.29 is 22.7 Å². The van der Waals surface area contributed by atoms with Crippen LogP contribution in [0.3, 0.4) is 0 Å². The van der Waals surface area contributed by atoms with E-state index in [-0.39, 0.29) is 12.2 Å². The van der Waals surface area contributed by atoms with Crippen LogP contribution in [0.4, 0.5) is 13.2 Å². The van der Waals surface area contributed by atoms with Gasteiger partial charge in [-0.1, -0.05) is 0 Å². The predicted octanol–water partition coefficient (Wildman–Crippen LogP) is 3.14. The standard InChI is InChI=1S/C8H4ClF3INO2/c9-2-5-4(13)1-7(6(3-15)14-5)16-8(10,11)12/h1,3H,2H2. The second-order valence-corrected chi connectivity index (χ2v) is 4.03. The normalized spacial score (nSPS) is 11.3. The van der Waals surface area contributed by atoms with E-state index in [1.165, 1.54) is 0 Å². The molecule has 1 aromatic heterocycles. The lowest BCUT2D eigenvalue weighted by Crippen LogP contribution is -2.19. The number of hydrogen-bond donors (Lipinski definition) is 0. The molecule has 1 rings (SSSR count). The Morgan fingerprint density at radius 1 is 1.56 bits per heavy atom. The van der Waals surface area contributed by atoms with Crippen molar-refractivity contribution in [1.82, 2.24) is 4.98 Å². The minimum Gasteiger partial charge on any atom is -0.403 e. The first-order valence-corrected chi connectivity index (χ1v) is 5.45. The number of pyridine rings is 1. The quantitative estimate of drug-likeness (QED) is 0.469. The van der Waals surface area contributed by atoms with Gasteiger partial charge in [-0.15, -0.1) is 24.8 Å². The Hall–Kier alpha value is -0.570. The van der Waals surface area contributed by atoms with Gasteiger partial charge in [0.15, 0.2) is 12.0 Å². The zero-order valence-electron chi connectivity index (χ0n) is 7.52. The summed E-state index contributed by atoms with van der Waals surface area (Å²) in [6, 6.07) is 1.07. The largest absolute Gasteiger partial charge is 0.573 e. The summed E-state index contributed by atoms with van der Waals surface area (Å²) in [7, 11) is 0. The lowest BCUT2D eigenvalue weighted by Gasteiger charge is -2.11. The van der Waals surface area contributed by atoms with Gasteiger partial charge in [-0.25, -0.2) is 4.98 Å². The topological polar surface area (TPSA) is 39.2 Å². The van der Waals surface area contributed by atoms with Crippen molar-refractivity contribution >= 4 is 40.5 Å². The highest BCUT2D eigenvalue weighted by Gasteiger charge is 2.32. The van der Waals surface area contributed by atoms with E-state index in [1.54, 1.807) is 22.6 Å². The fourth-order valence-corrected chi connectivity index (χ4v) is 1.93. The molecule has 0 radical (unpaired) electrons. The molecule has 8 heteroatoms. The van der Waals surface area contributed by atoms with Crippen LogP contribution in [-0.2, 0) is 5.88 Å². The number of alkyl halides is 4. The van der Waals surface area contributed by atoms with Crippen molar-refractivity contribution in [3.05, 3.63) is 21.0 Å². The number of halogens is 5. The number of nitrogens with zero attached hydrogens (tertiary/aromatic N) is 1. The fourth-order valence-electron chi connectivity index (χ4n) is 0.911. The Kier molecular flexibility index (Phi) is 4.36. The van der Waals surface area contributed by atoms with Crippen LogP contribution in [0.15, 0.2) is 6.07 Å². The van der Waals surface area contributed by atoms with Crippen LogP contribution in [0.1, 0.15) is 16.2 Å². The van der Waals surface area contributed by atoms with Crippen LogP contribution >= 0.6 is 34.2 Å². The van der Waals surface area contributed by atoms with Gasteiger partial charge in [0.25, 0.3) is 0 Å². The smallest absolute Gasteiger partial charge is 0.403 e. The van der Waals surface area contributed by atoms with E-state index in [9.17, 15) is 18.0 Å². The summed E-state index contributed by atoms with van der Waals surface area (Å²) in [6.45, 7) is 0. The van der Waals surface area contributed by atoms with Crippen LogP contribution in [0, 0.1) is 3.57 Å². The molecule has 0 aliphatic heterocycles. The van der Waals surface area contributed by atoms with Gasteiger partial charge in [0.2, 0.25) is 0 Å². The first kappa shape index (κ1) is 13.5. The van der Waals surface area contributed by atoms with E-state index < -0.39 is 17.8 Å². The molecule has 0 bridgehead atoms. The third kappa shape index (κ3) is 3.48. The number of aromatic nitrogens is 1. The van der Waals surface area contributed by atoms with Crippen molar-refractivity contribution in [3.63, 3.8) is 0 Å². The van der Waals surface area contributed by atoms with Gasteiger partial charge in [0.1, 0.15) is 5.69 Å². The first-order valence-electron chi connectivity index (χ1n) is 3.83. The first-order chi connectivity index (χ1) is 7.37. The summed E-state index contributed by atoms with van der Waals surface area (Å²) in [5.74, 6) is -0.619. The average Bonchev–Trinajstić information content (AvgIpc) is 2.16. The van der Waals surface area contributed by atoms with Gasteiger partial charge in [0.05, 0.1) is 11.6 Å². The van der Waals surface area contributed by atoms with Crippen LogP contribution in [-0.4, -0.2) is 17.6 Å². The maximum atomic E-state index is 12.0. The summed E-state index contributed by atoms with van der Waals surface area (Å²) in [5, 5.41) is 0. The molecule has 0 spiro atoms. The van der Waals surface area contributed by atoms with Crippen molar-refractivity contribution in [3.8, 4) is 5.75 Å². The minimum absolute atomic E-state index is 0.00537. The summed E-state index contributed by atoms with van der Waals surface area (Å²) in [5.41, 5.74) is -0.0905. The molecule has 88 valence electrons. The van der Waals surface area contributed by atoms with Crippen molar-refractivity contribution in [1.29, 1.82) is 0 Å². The van der Waals surface area contributed by atoms with Crippen molar-refractivity contribution in [2.24, 2.45) is 0 Å². The zero-order chi connectivity index (χ0) is 12.3. The molecule has 0 aliphatic carbocycles. The number of ether oxygens (including phenoxy) is 1. The summed E-state index contributed by atoms with van der Waals surface area (Å²) in [4.78, 5) is 14.2. The number of carbonyl (C=O) groups is 1. The third-order valence-corrected chi connectivity index (χ3v) is 2.69. The molecule has 0 saturated carbocycles. The summed E-state index contributed by atoms with van der Waals surface area (Å²) >= 11 is 7.26. The second-order valence-electron chi connectivity index (χ2n) is 2.60. The molecule has 0 saturated heterocycles. The van der Waals surface area contributed by atoms with E-state index in [4.69, 9.17) is 11.6 Å². The molecule has 0 aromatic carbocycles. The van der Waals surface area contributed by atoms with Gasteiger partial charge in [-0.05, 0) is 28.7 Å². The molecule has 0 aliphatic rings. The average molecular weight is 365 g/mol. The SMILES string of the molecule is O=Cc1nc(CCl)c(I)cc1OC(F)(F)F. The van der Waals surface area contributed by atoms with Gasteiger partial charge in [0, 0.05) is 3.57 Å². The number of carbonyl (C=O) groups excluding carboxylic acids is 1. The monoisotopic (exact) mass is 365 g/mol. The summed E-state index contributed by atoms with van der Waals surface area (Å²) < 4.78 is 40.0. The molecule has 3 nitrogen and oxygen atoms in total. The van der Waals surface area contributed by atoms with Gasteiger partial charge in [-0.3, -0.25) is 4.79 Å². The maximum Gasteiger partial charge on any atom is 0.573 e. The van der Waals surface area contributed by atoms with E-state index in [0.717, 1.165) is 6.07 Å². The van der Waals surface area contributed by atoms with Crippen LogP contribution < -0.4 is 4.74 Å². The van der Waals surface area contributed by atoms with Crippen LogP contribution in [0.25, 0.3) is 0 Å². The van der Waals surface area contributed by atoms with E-state index in [2.05, 4.69) is 9.72 Å². The Morgan fingerprint density at radius 2 is 2.19 bits per heavy atom.